The number of carbonyl (C=O) groups excluding carboxylic acids is 1. The number of benzene rings is 1. The number of hydrogen-bond donors (Lipinski definition) is 1. The van der Waals surface area contributed by atoms with Gasteiger partial charge in [0, 0.05) is 13.1 Å². The number of allylic oxidation sites excluding steroid dienone is 1. The van der Waals surface area contributed by atoms with Crippen LogP contribution in [-0.2, 0) is 25.8 Å². The predicted octanol–water partition coefficient (Wildman–Crippen LogP) is 2.20. The minimum absolute atomic E-state index is 0.0861. The number of sulfonamides is 1. The molecule has 150 valence electrons. The number of piperidine rings is 1. The molecule has 0 saturated carbocycles. The maximum Gasteiger partial charge on any atom is 0.416 e. The summed E-state index contributed by atoms with van der Waals surface area (Å²) in [5.41, 5.74) is -0.776. The number of nitrogens with two attached hydrogens (primary N) is 1. The van der Waals surface area contributed by atoms with Crippen molar-refractivity contribution < 1.29 is 36.0 Å². The minimum atomic E-state index is -4.42. The lowest BCUT2D eigenvalue weighted by Gasteiger charge is -2.31. The fourth-order valence-corrected chi connectivity index (χ4v) is 4.20. The SMILES string of the molecule is C/C=C(\C(=O)ON)S(=O)(=O)N1CCC(Oc2ccc(C(F)(F)F)cc2)CC1. The molecule has 2 N–H and O–H groups in total. The molecule has 1 saturated heterocycles. The summed E-state index contributed by atoms with van der Waals surface area (Å²) < 4.78 is 69.4. The molecule has 0 aliphatic carbocycles. The Labute approximate surface area is 154 Å². The Morgan fingerprint density at radius 3 is 2.22 bits per heavy atom. The molecule has 1 aliphatic rings. The van der Waals surface area contributed by atoms with Crippen LogP contribution in [0.2, 0.25) is 0 Å². The molecule has 7 nitrogen and oxygen atoms in total. The fourth-order valence-electron chi connectivity index (χ4n) is 2.67. The highest BCUT2D eigenvalue weighted by molar-refractivity contribution is 7.94. The average molecular weight is 408 g/mol. The molecule has 1 aromatic carbocycles. The molecule has 0 atom stereocenters. The fraction of sp³-hybridized carbons (Fsp3) is 0.438. The molecule has 0 radical (unpaired) electrons. The second-order valence-corrected chi connectivity index (χ2v) is 7.71. The lowest BCUT2D eigenvalue weighted by molar-refractivity contribution is -0.139. The minimum Gasteiger partial charge on any atom is -0.490 e. The van der Waals surface area contributed by atoms with Crippen molar-refractivity contribution in [3.63, 3.8) is 0 Å². The maximum atomic E-state index is 12.6. The molecule has 0 aromatic heterocycles. The Morgan fingerprint density at radius 2 is 1.78 bits per heavy atom. The highest BCUT2D eigenvalue weighted by Gasteiger charge is 2.35. The third-order valence-corrected chi connectivity index (χ3v) is 6.08. The zero-order valence-electron chi connectivity index (χ0n) is 14.4. The molecule has 1 aliphatic heterocycles. The number of hydrogen-bond acceptors (Lipinski definition) is 6. The van der Waals surface area contributed by atoms with Crippen molar-refractivity contribution in [1.29, 1.82) is 0 Å². The number of rotatable bonds is 5. The van der Waals surface area contributed by atoms with Crippen molar-refractivity contribution in [1.82, 2.24) is 4.31 Å². The summed E-state index contributed by atoms with van der Waals surface area (Å²) >= 11 is 0. The monoisotopic (exact) mass is 408 g/mol. The van der Waals surface area contributed by atoms with Gasteiger partial charge in [0.05, 0.1) is 5.56 Å². The third-order valence-electron chi connectivity index (χ3n) is 4.07. The van der Waals surface area contributed by atoms with Crippen LogP contribution in [0.4, 0.5) is 13.2 Å². The van der Waals surface area contributed by atoms with E-state index in [4.69, 9.17) is 10.6 Å². The van der Waals surface area contributed by atoms with Crippen LogP contribution in [0, 0.1) is 0 Å². The molecule has 1 aromatic rings. The van der Waals surface area contributed by atoms with Gasteiger partial charge in [-0.25, -0.2) is 13.2 Å². The van der Waals surface area contributed by atoms with Crippen LogP contribution in [0.3, 0.4) is 0 Å². The Morgan fingerprint density at radius 1 is 1.22 bits per heavy atom. The highest BCUT2D eigenvalue weighted by Crippen LogP contribution is 2.31. The topological polar surface area (TPSA) is 98.9 Å². The first-order chi connectivity index (χ1) is 12.6. The molecule has 0 unspecified atom stereocenters. The smallest absolute Gasteiger partial charge is 0.416 e. The van der Waals surface area contributed by atoms with E-state index in [9.17, 15) is 26.4 Å². The van der Waals surface area contributed by atoms with Crippen LogP contribution in [-0.4, -0.2) is 37.9 Å². The summed E-state index contributed by atoms with van der Waals surface area (Å²) in [6, 6.07) is 4.29. The number of halogens is 3. The van der Waals surface area contributed by atoms with Crippen LogP contribution in [0.15, 0.2) is 35.2 Å². The first kappa shape index (κ1) is 21.2. The van der Waals surface area contributed by atoms with Crippen molar-refractivity contribution in [2.24, 2.45) is 5.90 Å². The van der Waals surface area contributed by atoms with E-state index in [1.165, 1.54) is 19.1 Å². The number of ether oxygens (including phenoxy) is 1. The summed E-state index contributed by atoms with van der Waals surface area (Å²) in [4.78, 5) is 15.0. The van der Waals surface area contributed by atoms with E-state index < -0.39 is 32.6 Å². The Kier molecular flexibility index (Phi) is 6.50. The van der Waals surface area contributed by atoms with E-state index in [2.05, 4.69) is 4.84 Å². The molecule has 1 heterocycles. The Bertz CT molecular complexity index is 798. The van der Waals surface area contributed by atoms with Crippen molar-refractivity contribution in [3.8, 4) is 5.75 Å². The summed E-state index contributed by atoms with van der Waals surface area (Å²) in [6.07, 6.45) is -3.05. The summed E-state index contributed by atoms with van der Waals surface area (Å²) in [5, 5.41) is 0. The predicted molar refractivity (Wildman–Crippen MR) is 89.6 cm³/mol. The van der Waals surface area contributed by atoms with E-state index in [0.29, 0.717) is 12.8 Å². The molecule has 1 fully saturated rings. The molecule has 11 heteroatoms. The van der Waals surface area contributed by atoms with Crippen molar-refractivity contribution in [2.45, 2.75) is 32.0 Å². The molecule has 0 spiro atoms. The summed E-state index contributed by atoms with van der Waals surface area (Å²) in [7, 11) is -4.04. The van der Waals surface area contributed by atoms with Crippen LogP contribution < -0.4 is 10.6 Å². The van der Waals surface area contributed by atoms with Crippen LogP contribution in [0.5, 0.6) is 5.75 Å². The van der Waals surface area contributed by atoms with Crippen LogP contribution in [0.25, 0.3) is 0 Å². The van der Waals surface area contributed by atoms with Gasteiger partial charge in [-0.3, -0.25) is 0 Å². The molecule has 0 amide bonds. The molecule has 27 heavy (non-hydrogen) atoms. The van der Waals surface area contributed by atoms with Crippen molar-refractivity contribution in [3.05, 3.63) is 40.8 Å². The Balaban J connectivity index is 1.98. The molecule has 0 bridgehead atoms. The zero-order valence-corrected chi connectivity index (χ0v) is 15.2. The van der Waals surface area contributed by atoms with Crippen molar-refractivity contribution >= 4 is 16.0 Å². The average Bonchev–Trinajstić information content (AvgIpc) is 2.62. The molecule has 2 rings (SSSR count). The van der Waals surface area contributed by atoms with Crippen molar-refractivity contribution in [2.75, 3.05) is 13.1 Å². The molecular formula is C16H19F3N2O5S. The zero-order chi connectivity index (χ0) is 20.2. The number of carbonyl (C=O) groups is 1. The normalized spacial score (nSPS) is 17.6. The van der Waals surface area contributed by atoms with E-state index in [0.717, 1.165) is 22.5 Å². The number of nitrogens with zero attached hydrogens (tertiary/aromatic N) is 1. The van der Waals surface area contributed by atoms with Crippen LogP contribution >= 0.6 is 0 Å². The Hall–Kier alpha value is -2.11. The quantitative estimate of drug-likeness (QED) is 0.592. The van der Waals surface area contributed by atoms with Gasteiger partial charge in [0.2, 0.25) is 10.0 Å². The molecular weight excluding hydrogens is 389 g/mol. The largest absolute Gasteiger partial charge is 0.490 e. The van der Waals surface area contributed by atoms with Gasteiger partial charge in [-0.2, -0.15) is 23.4 Å². The van der Waals surface area contributed by atoms with Gasteiger partial charge < -0.3 is 9.57 Å². The van der Waals surface area contributed by atoms with Gasteiger partial charge in [-0.1, -0.05) is 6.08 Å². The second kappa shape index (κ2) is 8.28. The maximum absolute atomic E-state index is 12.6. The van der Waals surface area contributed by atoms with Crippen LogP contribution in [0.1, 0.15) is 25.3 Å². The van der Waals surface area contributed by atoms with Gasteiger partial charge in [0.1, 0.15) is 11.9 Å². The first-order valence-corrected chi connectivity index (χ1v) is 9.45. The first-order valence-electron chi connectivity index (χ1n) is 8.01. The standard InChI is InChI=1S/C16H19F3N2O5S/c1-2-14(15(22)26-20)27(23,24)21-9-7-13(8-10-21)25-12-5-3-11(4-6-12)16(17,18)19/h2-6,13H,7-10,20H2,1H3/b14-2+. The third kappa shape index (κ3) is 4.99. The van der Waals surface area contributed by atoms with Gasteiger partial charge in [0.15, 0.2) is 4.91 Å². The summed E-state index contributed by atoms with van der Waals surface area (Å²) in [6.45, 7) is 1.55. The van der Waals surface area contributed by atoms with Gasteiger partial charge in [-0.05, 0) is 44.0 Å². The van der Waals surface area contributed by atoms with Gasteiger partial charge in [-0.15, -0.1) is 0 Å². The summed E-state index contributed by atoms with van der Waals surface area (Å²) in [5.74, 6) is 3.87. The van der Waals surface area contributed by atoms with Gasteiger partial charge in [0.25, 0.3) is 0 Å². The highest BCUT2D eigenvalue weighted by atomic mass is 32.2. The lowest BCUT2D eigenvalue weighted by atomic mass is 10.1. The van der Waals surface area contributed by atoms with E-state index in [1.54, 1.807) is 0 Å². The lowest BCUT2D eigenvalue weighted by Crippen LogP contribution is -2.43. The van der Waals surface area contributed by atoms with E-state index in [1.807, 2.05) is 0 Å². The van der Waals surface area contributed by atoms with E-state index in [-0.39, 0.29) is 24.9 Å². The second-order valence-electron chi connectivity index (χ2n) is 5.80. The van der Waals surface area contributed by atoms with Gasteiger partial charge >= 0.3 is 12.1 Å². The number of alkyl halides is 3. The van der Waals surface area contributed by atoms with E-state index >= 15 is 0 Å².